The highest BCUT2D eigenvalue weighted by Crippen LogP contribution is 2.26. The Kier molecular flexibility index (Phi) is 9.85. The van der Waals surface area contributed by atoms with Crippen molar-refractivity contribution in [3.63, 3.8) is 0 Å². The van der Waals surface area contributed by atoms with E-state index in [-0.39, 0.29) is 24.0 Å². The number of alkyl carbamates (subject to hydrolysis) is 1. The molecular weight excluding hydrogens is 503 g/mol. The predicted octanol–water partition coefficient (Wildman–Crippen LogP) is 3.70. The van der Waals surface area contributed by atoms with E-state index in [2.05, 4.69) is 25.7 Å². The van der Waals surface area contributed by atoms with Crippen LogP contribution in [-0.2, 0) is 11.3 Å². The molecule has 1 aliphatic heterocycles. The summed E-state index contributed by atoms with van der Waals surface area (Å²) in [4.78, 5) is 33.0. The number of halogens is 1. The van der Waals surface area contributed by atoms with Gasteiger partial charge in [0.2, 0.25) is 0 Å². The second-order valence-corrected chi connectivity index (χ2v) is 9.87. The van der Waals surface area contributed by atoms with Crippen LogP contribution in [0.3, 0.4) is 0 Å². The minimum atomic E-state index is -0.536. The summed E-state index contributed by atoms with van der Waals surface area (Å²) in [6.45, 7) is 3.42. The zero-order chi connectivity index (χ0) is 27.6. The van der Waals surface area contributed by atoms with Gasteiger partial charge in [0.1, 0.15) is 11.6 Å². The summed E-state index contributed by atoms with van der Waals surface area (Å²) in [6.07, 6.45) is 4.17. The Labute approximate surface area is 227 Å². The minimum absolute atomic E-state index is 0.102. The molecule has 2 aromatic heterocycles. The highest BCUT2D eigenvalue weighted by molar-refractivity contribution is 5.92. The van der Waals surface area contributed by atoms with Crippen molar-refractivity contribution in [1.29, 1.82) is 0 Å². The molecule has 3 heterocycles. The average Bonchev–Trinajstić information content (AvgIpc) is 3.42. The van der Waals surface area contributed by atoms with Crippen LogP contribution >= 0.6 is 0 Å². The van der Waals surface area contributed by atoms with Crippen LogP contribution in [0.25, 0.3) is 11.1 Å². The monoisotopic (exact) mass is 538 g/mol. The summed E-state index contributed by atoms with van der Waals surface area (Å²) in [5.41, 5.74) is 2.04. The zero-order valence-electron chi connectivity index (χ0n) is 22.4. The van der Waals surface area contributed by atoms with E-state index in [0.29, 0.717) is 31.3 Å². The molecule has 2 N–H and O–H groups in total. The number of carbonyl (C=O) groups is 2. The number of anilines is 1. The van der Waals surface area contributed by atoms with Crippen molar-refractivity contribution < 1.29 is 23.2 Å². The molecule has 10 nitrogen and oxygen atoms in total. The van der Waals surface area contributed by atoms with Crippen molar-refractivity contribution in [2.24, 2.45) is 5.92 Å². The molecule has 0 atom stereocenters. The maximum absolute atomic E-state index is 13.2. The third-order valence-corrected chi connectivity index (χ3v) is 6.67. The van der Waals surface area contributed by atoms with Gasteiger partial charge in [-0.25, -0.2) is 14.2 Å². The van der Waals surface area contributed by atoms with Crippen LogP contribution < -0.4 is 15.5 Å². The fourth-order valence-corrected chi connectivity index (χ4v) is 4.37. The summed E-state index contributed by atoms with van der Waals surface area (Å²) in [5, 5.41) is 9.26. The summed E-state index contributed by atoms with van der Waals surface area (Å²) >= 11 is 0. The average molecular weight is 539 g/mol. The first-order valence-corrected chi connectivity index (χ1v) is 13.1. The number of hydrogen-bond acceptors (Lipinski definition) is 8. The fraction of sp³-hybridized carbons (Fsp3) is 0.429. The number of hydrogen-bond donors (Lipinski definition) is 2. The van der Waals surface area contributed by atoms with Crippen molar-refractivity contribution in [3.8, 4) is 11.1 Å². The third-order valence-electron chi connectivity index (χ3n) is 6.67. The molecule has 11 heteroatoms. The zero-order valence-corrected chi connectivity index (χ0v) is 22.4. The largest absolute Gasteiger partial charge is 0.441 e. The van der Waals surface area contributed by atoms with Gasteiger partial charge >= 0.3 is 6.09 Å². The van der Waals surface area contributed by atoms with Gasteiger partial charge in [-0.3, -0.25) is 4.79 Å². The first-order chi connectivity index (χ1) is 18.9. The van der Waals surface area contributed by atoms with Crippen LogP contribution in [0.5, 0.6) is 0 Å². The number of pyridine rings is 1. The highest BCUT2D eigenvalue weighted by atomic mass is 19.1. The molecule has 0 bridgehead atoms. The highest BCUT2D eigenvalue weighted by Gasteiger charge is 2.20. The maximum atomic E-state index is 13.2. The predicted molar refractivity (Wildman–Crippen MR) is 145 cm³/mol. The summed E-state index contributed by atoms with van der Waals surface area (Å²) < 4.78 is 23.4. The Bertz CT molecular complexity index is 1210. The standard InChI is InChI=1S/C28H35FN6O4/c1-34(2)16-13-30-27(36)25-17-24(39-33-25)19-38-28(37)31-12-9-20-10-14-35(15-11-20)26-8-5-22(18-32-26)21-3-6-23(29)7-4-21/h3-8,17-18,20H,9-16,19H2,1-2H3,(H,30,36)(H,31,37). The van der Waals surface area contributed by atoms with Gasteiger partial charge in [0.15, 0.2) is 18.1 Å². The van der Waals surface area contributed by atoms with Crippen molar-refractivity contribution in [2.75, 3.05) is 51.7 Å². The summed E-state index contributed by atoms with van der Waals surface area (Å²) in [7, 11) is 3.84. The number of likely N-dealkylation sites (N-methyl/N-ethyl adjacent to an activating group) is 1. The molecule has 0 spiro atoms. The summed E-state index contributed by atoms with van der Waals surface area (Å²) in [6, 6.07) is 11.9. The molecule has 0 saturated carbocycles. The van der Waals surface area contributed by atoms with Crippen molar-refractivity contribution >= 4 is 17.8 Å². The molecule has 1 saturated heterocycles. The van der Waals surface area contributed by atoms with Gasteiger partial charge in [0.05, 0.1) is 0 Å². The molecule has 3 aromatic rings. The molecule has 1 fully saturated rings. The Morgan fingerprint density at radius 3 is 2.51 bits per heavy atom. The van der Waals surface area contributed by atoms with Crippen LogP contribution in [-0.4, -0.2) is 73.9 Å². The van der Waals surface area contributed by atoms with Crippen LogP contribution in [0.2, 0.25) is 0 Å². The lowest BCUT2D eigenvalue weighted by atomic mass is 9.93. The molecule has 1 aromatic carbocycles. The van der Waals surface area contributed by atoms with Gasteiger partial charge in [-0.2, -0.15) is 0 Å². The number of carbonyl (C=O) groups excluding carboxylic acids is 2. The van der Waals surface area contributed by atoms with Gasteiger partial charge in [-0.15, -0.1) is 0 Å². The number of nitrogens with zero attached hydrogens (tertiary/aromatic N) is 4. The molecule has 0 unspecified atom stereocenters. The molecule has 208 valence electrons. The van der Waals surface area contributed by atoms with E-state index in [1.807, 2.05) is 37.3 Å². The number of benzene rings is 1. The number of piperidine rings is 1. The van der Waals surface area contributed by atoms with Gasteiger partial charge in [-0.05, 0) is 69.1 Å². The topological polar surface area (TPSA) is 113 Å². The molecule has 4 rings (SSSR count). The molecule has 0 aliphatic carbocycles. The first kappa shape index (κ1) is 28.0. The number of amides is 2. The quantitative estimate of drug-likeness (QED) is 0.380. The van der Waals surface area contributed by atoms with E-state index in [1.54, 1.807) is 12.1 Å². The normalized spacial score (nSPS) is 13.9. The lowest BCUT2D eigenvalue weighted by Crippen LogP contribution is -2.35. The first-order valence-electron chi connectivity index (χ1n) is 13.1. The molecule has 0 radical (unpaired) electrons. The number of rotatable bonds is 11. The van der Waals surface area contributed by atoms with Gasteiger partial charge in [-0.1, -0.05) is 17.3 Å². The van der Waals surface area contributed by atoms with E-state index >= 15 is 0 Å². The van der Waals surface area contributed by atoms with E-state index in [9.17, 15) is 14.0 Å². The lowest BCUT2D eigenvalue weighted by Gasteiger charge is -2.32. The number of nitrogens with one attached hydrogen (secondary N) is 2. The lowest BCUT2D eigenvalue weighted by molar-refractivity contribution is 0.0940. The van der Waals surface area contributed by atoms with E-state index in [0.717, 1.165) is 49.3 Å². The van der Waals surface area contributed by atoms with Crippen LogP contribution in [0.15, 0.2) is 53.2 Å². The third kappa shape index (κ3) is 8.51. The Balaban J connectivity index is 1.11. The van der Waals surface area contributed by atoms with Crippen LogP contribution in [0.4, 0.5) is 15.0 Å². The molecular formula is C28H35FN6O4. The van der Waals surface area contributed by atoms with Gasteiger partial charge in [0, 0.05) is 50.6 Å². The number of ether oxygens (including phenoxy) is 1. The maximum Gasteiger partial charge on any atom is 0.407 e. The Morgan fingerprint density at radius 1 is 1.08 bits per heavy atom. The minimum Gasteiger partial charge on any atom is -0.441 e. The molecule has 39 heavy (non-hydrogen) atoms. The van der Waals surface area contributed by atoms with Crippen LogP contribution in [0.1, 0.15) is 35.5 Å². The SMILES string of the molecule is CN(C)CCNC(=O)c1cc(COC(=O)NCCC2CCN(c3ccc(-c4ccc(F)cc4)cn3)CC2)on1. The smallest absolute Gasteiger partial charge is 0.407 e. The van der Waals surface area contributed by atoms with Crippen molar-refractivity contribution in [3.05, 3.63) is 65.9 Å². The Hall–Kier alpha value is -3.99. The second-order valence-electron chi connectivity index (χ2n) is 9.87. The fourth-order valence-electron chi connectivity index (χ4n) is 4.37. The van der Waals surface area contributed by atoms with Gasteiger partial charge < -0.3 is 29.7 Å². The molecule has 1 aliphatic rings. The van der Waals surface area contributed by atoms with E-state index < -0.39 is 6.09 Å². The Morgan fingerprint density at radius 2 is 1.82 bits per heavy atom. The van der Waals surface area contributed by atoms with Crippen molar-refractivity contribution in [1.82, 2.24) is 25.7 Å². The van der Waals surface area contributed by atoms with Gasteiger partial charge in [0.25, 0.3) is 5.91 Å². The van der Waals surface area contributed by atoms with E-state index in [1.165, 1.54) is 18.2 Å². The number of aromatic nitrogens is 2. The second kappa shape index (κ2) is 13.7. The van der Waals surface area contributed by atoms with Crippen molar-refractivity contribution in [2.45, 2.75) is 25.9 Å². The summed E-state index contributed by atoms with van der Waals surface area (Å²) in [5.74, 6) is 1.15. The van der Waals surface area contributed by atoms with Crippen LogP contribution in [0, 0.1) is 11.7 Å². The van der Waals surface area contributed by atoms with E-state index in [4.69, 9.17) is 9.26 Å². The molecule has 2 amide bonds.